The molecule has 116 valence electrons. The van der Waals surface area contributed by atoms with Crippen LogP contribution >= 0.6 is 23.2 Å². The fourth-order valence-corrected chi connectivity index (χ4v) is 2.15. The maximum absolute atomic E-state index is 11.9. The Bertz CT molecular complexity index is 489. The number of hydrogen-bond donors (Lipinski definition) is 2. The van der Waals surface area contributed by atoms with Gasteiger partial charge in [-0.05, 0) is 25.6 Å². The van der Waals surface area contributed by atoms with Crippen molar-refractivity contribution in [1.29, 1.82) is 0 Å². The minimum atomic E-state index is -0.282. The minimum absolute atomic E-state index is 0.0705. The molecule has 0 aromatic heterocycles. The lowest BCUT2D eigenvalue weighted by atomic mass is 10.3. The molecule has 0 fully saturated rings. The number of carbonyl (C=O) groups excluding carboxylic acids is 2. The average molecular weight is 332 g/mol. The van der Waals surface area contributed by atoms with Gasteiger partial charge in [-0.25, -0.2) is 0 Å². The molecule has 2 amide bonds. The smallest absolute Gasteiger partial charge is 0.238 e. The molecule has 0 saturated heterocycles. The molecule has 0 aliphatic carbocycles. The molecule has 1 rings (SSSR count). The zero-order valence-electron chi connectivity index (χ0n) is 12.1. The van der Waals surface area contributed by atoms with Crippen molar-refractivity contribution in [2.45, 2.75) is 13.3 Å². The summed E-state index contributed by atoms with van der Waals surface area (Å²) in [6.45, 7) is 2.84. The van der Waals surface area contributed by atoms with E-state index < -0.39 is 0 Å². The van der Waals surface area contributed by atoms with E-state index in [9.17, 15) is 9.59 Å². The molecule has 7 heteroatoms. The Balaban J connectivity index is 2.48. The van der Waals surface area contributed by atoms with Gasteiger partial charge >= 0.3 is 0 Å². The maximum Gasteiger partial charge on any atom is 0.238 e. The third kappa shape index (κ3) is 6.33. The Labute approximate surface area is 134 Å². The van der Waals surface area contributed by atoms with E-state index in [2.05, 4.69) is 10.6 Å². The predicted molar refractivity (Wildman–Crippen MR) is 85.9 cm³/mol. The maximum atomic E-state index is 11.9. The number of likely N-dealkylation sites (N-methyl/N-ethyl adjacent to an activating group) is 1. The van der Waals surface area contributed by atoms with Crippen molar-refractivity contribution in [2.75, 3.05) is 32.0 Å². The third-order valence-corrected chi connectivity index (χ3v) is 3.26. The molecule has 5 nitrogen and oxygen atoms in total. The van der Waals surface area contributed by atoms with Gasteiger partial charge in [0.1, 0.15) is 0 Å². The van der Waals surface area contributed by atoms with Crippen LogP contribution < -0.4 is 10.6 Å². The Hall–Kier alpha value is -1.30. The van der Waals surface area contributed by atoms with Gasteiger partial charge in [0.2, 0.25) is 11.8 Å². The molecule has 0 saturated carbocycles. The van der Waals surface area contributed by atoms with Crippen molar-refractivity contribution in [2.24, 2.45) is 0 Å². The Kier molecular flexibility index (Phi) is 7.50. The van der Waals surface area contributed by atoms with Crippen molar-refractivity contribution >= 4 is 40.7 Å². The van der Waals surface area contributed by atoms with Crippen molar-refractivity contribution in [3.63, 3.8) is 0 Å². The summed E-state index contributed by atoms with van der Waals surface area (Å²) < 4.78 is 0. The highest BCUT2D eigenvalue weighted by Gasteiger charge is 2.13. The highest BCUT2D eigenvalue weighted by molar-refractivity contribution is 6.39. The van der Waals surface area contributed by atoms with Gasteiger partial charge < -0.3 is 10.6 Å². The molecular weight excluding hydrogens is 313 g/mol. The second-order valence-electron chi connectivity index (χ2n) is 4.67. The molecule has 2 N–H and O–H groups in total. The summed E-state index contributed by atoms with van der Waals surface area (Å²) in [5, 5.41) is 6.15. The van der Waals surface area contributed by atoms with Crippen molar-refractivity contribution in [1.82, 2.24) is 10.2 Å². The van der Waals surface area contributed by atoms with Gasteiger partial charge in [0, 0.05) is 6.54 Å². The number of anilines is 1. The second kappa shape index (κ2) is 8.87. The van der Waals surface area contributed by atoms with Crippen LogP contribution in [0.25, 0.3) is 0 Å². The number of hydrogen-bond acceptors (Lipinski definition) is 3. The van der Waals surface area contributed by atoms with Gasteiger partial charge in [-0.2, -0.15) is 0 Å². The van der Waals surface area contributed by atoms with Crippen LogP contribution in [-0.4, -0.2) is 43.4 Å². The van der Waals surface area contributed by atoms with Crippen LogP contribution in [0.4, 0.5) is 5.69 Å². The van der Waals surface area contributed by atoms with E-state index in [-0.39, 0.29) is 24.9 Å². The molecule has 1 aromatic rings. The number of para-hydroxylation sites is 1. The first-order valence-electron chi connectivity index (χ1n) is 6.63. The second-order valence-corrected chi connectivity index (χ2v) is 5.48. The van der Waals surface area contributed by atoms with Gasteiger partial charge in [-0.3, -0.25) is 14.5 Å². The summed E-state index contributed by atoms with van der Waals surface area (Å²) in [7, 11) is 1.69. The number of rotatable bonds is 7. The van der Waals surface area contributed by atoms with Crippen molar-refractivity contribution in [3.05, 3.63) is 28.2 Å². The third-order valence-electron chi connectivity index (χ3n) is 2.63. The molecule has 0 unspecified atom stereocenters. The normalized spacial score (nSPS) is 10.5. The van der Waals surface area contributed by atoms with E-state index in [0.717, 1.165) is 6.42 Å². The van der Waals surface area contributed by atoms with Crippen LogP contribution in [0.5, 0.6) is 0 Å². The first-order valence-corrected chi connectivity index (χ1v) is 7.38. The number of amides is 2. The molecule has 0 heterocycles. The summed E-state index contributed by atoms with van der Waals surface area (Å²) in [6.07, 6.45) is 0.876. The molecule has 0 aliphatic rings. The Morgan fingerprint density at radius 2 is 1.71 bits per heavy atom. The molecule has 1 aromatic carbocycles. The molecular formula is C14H19Cl2N3O2. The lowest BCUT2D eigenvalue weighted by Gasteiger charge is -2.16. The molecule has 0 aliphatic heterocycles. The van der Waals surface area contributed by atoms with Crippen LogP contribution in [0.1, 0.15) is 13.3 Å². The lowest BCUT2D eigenvalue weighted by molar-refractivity contribution is -0.122. The SMILES string of the molecule is CCCNC(=O)CN(C)CC(=O)Nc1c(Cl)cccc1Cl. The topological polar surface area (TPSA) is 61.4 Å². The van der Waals surface area contributed by atoms with Gasteiger partial charge in [0.15, 0.2) is 0 Å². The average Bonchev–Trinajstić information content (AvgIpc) is 2.40. The highest BCUT2D eigenvalue weighted by Crippen LogP contribution is 2.29. The summed E-state index contributed by atoms with van der Waals surface area (Å²) in [6, 6.07) is 4.99. The zero-order chi connectivity index (χ0) is 15.8. The summed E-state index contributed by atoms with van der Waals surface area (Å²) >= 11 is 11.9. The fourth-order valence-electron chi connectivity index (χ4n) is 1.66. The first-order chi connectivity index (χ1) is 9.93. The largest absolute Gasteiger partial charge is 0.355 e. The first kappa shape index (κ1) is 17.8. The molecule has 21 heavy (non-hydrogen) atoms. The number of halogens is 2. The number of carbonyl (C=O) groups is 2. The quantitative estimate of drug-likeness (QED) is 0.806. The standard InChI is InChI=1S/C14H19Cl2N3O2/c1-3-7-17-12(20)8-19(2)9-13(21)18-14-10(15)5-4-6-11(14)16/h4-6H,3,7-9H2,1-2H3,(H,17,20)(H,18,21). The van der Waals surface area contributed by atoms with Crippen LogP contribution in [0, 0.1) is 0 Å². The predicted octanol–water partition coefficient (Wildman–Crippen LogP) is 2.39. The molecule has 0 bridgehead atoms. The Morgan fingerprint density at radius 1 is 1.14 bits per heavy atom. The van der Waals surface area contributed by atoms with E-state index in [1.165, 1.54) is 0 Å². The fraction of sp³-hybridized carbons (Fsp3) is 0.429. The van der Waals surface area contributed by atoms with Crippen molar-refractivity contribution in [3.8, 4) is 0 Å². The van der Waals surface area contributed by atoms with Gasteiger partial charge in [0.05, 0.1) is 28.8 Å². The number of nitrogens with zero attached hydrogens (tertiary/aromatic N) is 1. The van der Waals surface area contributed by atoms with Crippen LogP contribution in [0.2, 0.25) is 10.0 Å². The summed E-state index contributed by atoms with van der Waals surface area (Å²) in [5.41, 5.74) is 0.384. The summed E-state index contributed by atoms with van der Waals surface area (Å²) in [5.74, 6) is -0.390. The van der Waals surface area contributed by atoms with E-state index in [1.54, 1.807) is 30.1 Å². The minimum Gasteiger partial charge on any atom is -0.355 e. The lowest BCUT2D eigenvalue weighted by Crippen LogP contribution is -2.39. The van der Waals surface area contributed by atoms with Crippen LogP contribution in [0.15, 0.2) is 18.2 Å². The summed E-state index contributed by atoms with van der Waals surface area (Å²) in [4.78, 5) is 25.1. The van der Waals surface area contributed by atoms with Crippen LogP contribution in [-0.2, 0) is 9.59 Å². The molecule has 0 spiro atoms. The molecule has 0 atom stereocenters. The van der Waals surface area contributed by atoms with Gasteiger partial charge in [-0.1, -0.05) is 36.2 Å². The van der Waals surface area contributed by atoms with Gasteiger partial charge in [0.25, 0.3) is 0 Å². The van der Waals surface area contributed by atoms with Crippen molar-refractivity contribution < 1.29 is 9.59 Å². The van der Waals surface area contributed by atoms with Crippen LogP contribution in [0.3, 0.4) is 0 Å². The van der Waals surface area contributed by atoms with E-state index >= 15 is 0 Å². The molecule has 0 radical (unpaired) electrons. The number of benzene rings is 1. The van der Waals surface area contributed by atoms with E-state index in [4.69, 9.17) is 23.2 Å². The van der Waals surface area contributed by atoms with E-state index in [0.29, 0.717) is 22.3 Å². The monoisotopic (exact) mass is 331 g/mol. The Morgan fingerprint density at radius 3 is 2.29 bits per heavy atom. The highest BCUT2D eigenvalue weighted by atomic mass is 35.5. The number of nitrogens with one attached hydrogen (secondary N) is 2. The van der Waals surface area contributed by atoms with E-state index in [1.807, 2.05) is 6.92 Å². The zero-order valence-corrected chi connectivity index (χ0v) is 13.6. The van der Waals surface area contributed by atoms with Gasteiger partial charge in [-0.15, -0.1) is 0 Å².